The number of rotatable bonds is 11. The summed E-state index contributed by atoms with van der Waals surface area (Å²) in [5.74, 6) is -0.351. The van der Waals surface area contributed by atoms with Crippen LogP contribution in [0.1, 0.15) is 88.5 Å². The largest absolute Gasteiger partial charge is 0.460 e. The number of carbonyl (C=O) groups excluding carboxylic acids is 3. The van der Waals surface area contributed by atoms with Crippen LogP contribution in [0.5, 0.6) is 0 Å². The van der Waals surface area contributed by atoms with Crippen LogP contribution >= 0.6 is 0 Å². The van der Waals surface area contributed by atoms with Crippen LogP contribution in [-0.4, -0.2) is 59.4 Å². The maximum atomic E-state index is 12.6. The topological polar surface area (TPSA) is 72.9 Å². The second-order valence-electron chi connectivity index (χ2n) is 11.0. The van der Waals surface area contributed by atoms with Crippen molar-refractivity contribution in [3.05, 3.63) is 0 Å². The number of esters is 1. The molecule has 0 saturated carbocycles. The number of ether oxygens (including phenoxy) is 2. The number of ketones is 2. The molecule has 170 valence electrons. The number of hydrogen-bond donors (Lipinski definition) is 0. The molecule has 0 spiro atoms. The van der Waals surface area contributed by atoms with Gasteiger partial charge in [0, 0.05) is 23.8 Å². The molecule has 6 nitrogen and oxygen atoms in total. The third kappa shape index (κ3) is 10.9. The SMILES string of the molecule is CN(CC(=O)C(C)(C)OCCC(C)(C)OC(=O)CCC(=O)C(C)(C)C)C(C)(C)C. The van der Waals surface area contributed by atoms with Gasteiger partial charge in [-0.25, -0.2) is 0 Å². The highest BCUT2D eigenvalue weighted by Gasteiger charge is 2.33. The van der Waals surface area contributed by atoms with Gasteiger partial charge in [-0.2, -0.15) is 0 Å². The molecule has 0 saturated heterocycles. The highest BCUT2D eigenvalue weighted by atomic mass is 16.6. The Morgan fingerprint density at radius 1 is 0.793 bits per heavy atom. The van der Waals surface area contributed by atoms with Crippen LogP contribution in [-0.2, 0) is 23.9 Å². The van der Waals surface area contributed by atoms with Crippen LogP contribution in [0.4, 0.5) is 0 Å². The lowest BCUT2D eigenvalue weighted by molar-refractivity contribution is -0.161. The molecule has 0 radical (unpaired) electrons. The predicted octanol–water partition coefficient (Wildman–Crippen LogP) is 4.19. The summed E-state index contributed by atoms with van der Waals surface area (Å²) in [7, 11) is 1.92. The van der Waals surface area contributed by atoms with E-state index in [1.165, 1.54) is 0 Å². The van der Waals surface area contributed by atoms with Crippen molar-refractivity contribution in [1.82, 2.24) is 4.90 Å². The number of Topliss-reactive ketones (excluding diaryl/α,β-unsaturated/α-hetero) is 2. The summed E-state index contributed by atoms with van der Waals surface area (Å²) < 4.78 is 11.4. The maximum absolute atomic E-state index is 12.6. The zero-order valence-electron chi connectivity index (χ0n) is 20.5. The molecule has 0 atom stereocenters. The molecule has 0 amide bonds. The summed E-state index contributed by atoms with van der Waals surface area (Å²) in [5, 5.41) is 0. The Morgan fingerprint density at radius 3 is 1.76 bits per heavy atom. The fraction of sp³-hybridized carbons (Fsp3) is 0.870. The van der Waals surface area contributed by atoms with Gasteiger partial charge in [-0.05, 0) is 55.5 Å². The van der Waals surface area contributed by atoms with E-state index in [-0.39, 0.29) is 29.9 Å². The minimum absolute atomic E-state index is 0.00502. The first-order chi connectivity index (χ1) is 12.8. The van der Waals surface area contributed by atoms with Crippen molar-refractivity contribution >= 4 is 17.5 Å². The molecule has 0 aromatic carbocycles. The van der Waals surface area contributed by atoms with Crippen molar-refractivity contribution in [3.8, 4) is 0 Å². The molecule has 0 fully saturated rings. The lowest BCUT2D eigenvalue weighted by Crippen LogP contribution is -2.48. The molecule has 0 N–H and O–H groups in total. The highest BCUT2D eigenvalue weighted by molar-refractivity contribution is 5.88. The van der Waals surface area contributed by atoms with Crippen LogP contribution in [0, 0.1) is 5.41 Å². The highest BCUT2D eigenvalue weighted by Crippen LogP contribution is 2.22. The predicted molar refractivity (Wildman–Crippen MR) is 116 cm³/mol. The molecular formula is C23H43NO5. The molecule has 0 aliphatic carbocycles. The minimum Gasteiger partial charge on any atom is -0.460 e. The standard InChI is InChI=1S/C23H43NO5/c1-20(2,3)17(25)12-13-19(27)29-22(7,8)14-15-28-23(9,10)18(26)16-24(11)21(4,5)6/h12-16H2,1-11H3. The zero-order valence-corrected chi connectivity index (χ0v) is 20.5. The van der Waals surface area contributed by atoms with E-state index in [9.17, 15) is 14.4 Å². The molecule has 0 aromatic heterocycles. The van der Waals surface area contributed by atoms with E-state index in [0.717, 1.165) is 0 Å². The maximum Gasteiger partial charge on any atom is 0.306 e. The van der Waals surface area contributed by atoms with Crippen molar-refractivity contribution in [1.29, 1.82) is 0 Å². The van der Waals surface area contributed by atoms with E-state index >= 15 is 0 Å². The third-order valence-electron chi connectivity index (χ3n) is 5.15. The molecule has 6 heteroatoms. The molecule has 29 heavy (non-hydrogen) atoms. The molecule has 0 bridgehead atoms. The van der Waals surface area contributed by atoms with Gasteiger partial charge in [0.2, 0.25) is 0 Å². The minimum atomic E-state index is -0.918. The quantitative estimate of drug-likeness (QED) is 0.473. The Bertz CT molecular complexity index is 579. The number of hydrogen-bond acceptors (Lipinski definition) is 6. The summed E-state index contributed by atoms with van der Waals surface area (Å²) in [6.45, 7) is 19.4. The van der Waals surface area contributed by atoms with Gasteiger partial charge in [-0.15, -0.1) is 0 Å². The van der Waals surface area contributed by atoms with Crippen LogP contribution < -0.4 is 0 Å². The van der Waals surface area contributed by atoms with Gasteiger partial charge in [0.05, 0.1) is 19.6 Å². The number of likely N-dealkylation sites (N-methyl/N-ethyl adjacent to an activating group) is 1. The molecular weight excluding hydrogens is 370 g/mol. The van der Waals surface area contributed by atoms with Gasteiger partial charge in [-0.3, -0.25) is 19.3 Å². The van der Waals surface area contributed by atoms with E-state index in [4.69, 9.17) is 9.47 Å². The molecule has 0 aromatic rings. The zero-order chi connectivity index (χ0) is 23.3. The fourth-order valence-electron chi connectivity index (χ4n) is 2.28. The molecule has 0 heterocycles. The van der Waals surface area contributed by atoms with Gasteiger partial charge in [0.15, 0.2) is 5.78 Å². The molecule has 0 aliphatic rings. The average molecular weight is 414 g/mol. The summed E-state index contributed by atoms with van der Waals surface area (Å²) in [4.78, 5) is 38.6. The number of carbonyl (C=O) groups is 3. The van der Waals surface area contributed by atoms with Crippen molar-refractivity contribution in [2.45, 2.75) is 105 Å². The van der Waals surface area contributed by atoms with Gasteiger partial charge in [-0.1, -0.05) is 20.8 Å². The molecule has 0 unspecified atom stereocenters. The third-order valence-corrected chi connectivity index (χ3v) is 5.15. The monoisotopic (exact) mass is 413 g/mol. The Labute approximate surface area is 177 Å². The van der Waals surface area contributed by atoms with Crippen LogP contribution in [0.15, 0.2) is 0 Å². The van der Waals surface area contributed by atoms with E-state index < -0.39 is 22.6 Å². The van der Waals surface area contributed by atoms with E-state index in [0.29, 0.717) is 19.6 Å². The first-order valence-electron chi connectivity index (χ1n) is 10.4. The van der Waals surface area contributed by atoms with Gasteiger partial charge in [0.25, 0.3) is 0 Å². The summed E-state index contributed by atoms with van der Waals surface area (Å²) >= 11 is 0. The van der Waals surface area contributed by atoms with Gasteiger partial charge >= 0.3 is 5.97 Å². The normalized spacial score (nSPS) is 13.5. The second kappa shape index (κ2) is 10.2. The fourth-order valence-corrected chi connectivity index (χ4v) is 2.28. The van der Waals surface area contributed by atoms with Crippen molar-refractivity contribution < 1.29 is 23.9 Å². The smallest absolute Gasteiger partial charge is 0.306 e. The van der Waals surface area contributed by atoms with Crippen molar-refractivity contribution in [2.75, 3.05) is 20.2 Å². The Hall–Kier alpha value is -1.27. The Kier molecular flexibility index (Phi) is 9.72. The lowest BCUT2D eigenvalue weighted by atomic mass is 9.88. The summed E-state index contributed by atoms with van der Waals surface area (Å²) in [5.41, 5.74) is -2.21. The van der Waals surface area contributed by atoms with E-state index in [1.807, 2.05) is 46.6 Å². The van der Waals surface area contributed by atoms with E-state index in [1.54, 1.807) is 13.8 Å². The second-order valence-corrected chi connectivity index (χ2v) is 11.0. The molecule has 0 aliphatic heterocycles. The summed E-state index contributed by atoms with van der Waals surface area (Å²) in [6.07, 6.45) is 0.707. The Balaban J connectivity index is 4.52. The average Bonchev–Trinajstić information content (AvgIpc) is 2.49. The van der Waals surface area contributed by atoms with E-state index in [2.05, 4.69) is 20.8 Å². The Morgan fingerprint density at radius 2 is 1.31 bits per heavy atom. The first kappa shape index (κ1) is 27.7. The first-order valence-corrected chi connectivity index (χ1v) is 10.4. The van der Waals surface area contributed by atoms with Crippen molar-refractivity contribution in [3.63, 3.8) is 0 Å². The van der Waals surface area contributed by atoms with Crippen LogP contribution in [0.3, 0.4) is 0 Å². The van der Waals surface area contributed by atoms with Crippen LogP contribution in [0.25, 0.3) is 0 Å². The van der Waals surface area contributed by atoms with Crippen molar-refractivity contribution in [2.24, 2.45) is 5.41 Å². The van der Waals surface area contributed by atoms with Gasteiger partial charge < -0.3 is 9.47 Å². The van der Waals surface area contributed by atoms with Gasteiger partial charge in [0.1, 0.15) is 17.0 Å². The summed E-state index contributed by atoms with van der Waals surface area (Å²) in [6, 6.07) is 0. The number of nitrogens with zero attached hydrogens (tertiary/aromatic N) is 1. The lowest BCUT2D eigenvalue weighted by Gasteiger charge is -2.34. The van der Waals surface area contributed by atoms with Crippen LogP contribution in [0.2, 0.25) is 0 Å². The molecule has 0 rings (SSSR count).